The molecule has 0 spiro atoms. The van der Waals surface area contributed by atoms with E-state index in [9.17, 15) is 14.7 Å². The smallest absolute Gasteiger partial charge is 0.335 e. The summed E-state index contributed by atoms with van der Waals surface area (Å²) in [6.07, 6.45) is 0.810. The van der Waals surface area contributed by atoms with E-state index < -0.39 is 5.97 Å². The van der Waals surface area contributed by atoms with Crippen molar-refractivity contribution in [1.82, 2.24) is 10.2 Å². The number of phenolic OH excluding ortho intramolecular Hbond substituents is 1. The number of hydrogen-bond acceptors (Lipinski definition) is 4. The SMILES string of the molecule is CNCCCN(C)C(=O)Nc1ccc(C(=O)O)cc1O. The van der Waals surface area contributed by atoms with Crippen molar-refractivity contribution in [2.45, 2.75) is 6.42 Å². The van der Waals surface area contributed by atoms with E-state index in [-0.39, 0.29) is 23.0 Å². The summed E-state index contributed by atoms with van der Waals surface area (Å²) in [4.78, 5) is 24.1. The third-order valence-electron chi connectivity index (χ3n) is 2.75. The topological polar surface area (TPSA) is 102 Å². The van der Waals surface area contributed by atoms with Crippen molar-refractivity contribution in [3.63, 3.8) is 0 Å². The Balaban J connectivity index is 2.64. The minimum Gasteiger partial charge on any atom is -0.506 e. The fourth-order valence-electron chi connectivity index (χ4n) is 1.58. The van der Waals surface area contributed by atoms with Gasteiger partial charge in [0.1, 0.15) is 5.75 Å². The minimum absolute atomic E-state index is 0.0390. The first-order valence-corrected chi connectivity index (χ1v) is 6.18. The Morgan fingerprint density at radius 3 is 2.60 bits per heavy atom. The van der Waals surface area contributed by atoms with Gasteiger partial charge in [-0.3, -0.25) is 0 Å². The third kappa shape index (κ3) is 4.43. The first-order chi connectivity index (χ1) is 9.45. The number of carboxylic acids is 1. The highest BCUT2D eigenvalue weighted by Crippen LogP contribution is 2.24. The number of nitrogens with zero attached hydrogens (tertiary/aromatic N) is 1. The Labute approximate surface area is 117 Å². The zero-order chi connectivity index (χ0) is 15.1. The van der Waals surface area contributed by atoms with Crippen LogP contribution in [0.3, 0.4) is 0 Å². The maximum atomic E-state index is 11.8. The van der Waals surface area contributed by atoms with Gasteiger partial charge in [0.25, 0.3) is 0 Å². The van der Waals surface area contributed by atoms with Crippen molar-refractivity contribution in [2.75, 3.05) is 32.5 Å². The number of nitrogens with one attached hydrogen (secondary N) is 2. The van der Waals surface area contributed by atoms with Crippen LogP contribution in [0, 0.1) is 0 Å². The van der Waals surface area contributed by atoms with Crippen LogP contribution in [-0.2, 0) is 0 Å². The van der Waals surface area contributed by atoms with Crippen molar-refractivity contribution < 1.29 is 19.8 Å². The molecule has 2 amide bonds. The van der Waals surface area contributed by atoms with Gasteiger partial charge < -0.3 is 25.7 Å². The second kappa shape index (κ2) is 7.34. The molecule has 7 nitrogen and oxygen atoms in total. The van der Waals surface area contributed by atoms with E-state index in [1.165, 1.54) is 17.0 Å². The lowest BCUT2D eigenvalue weighted by Crippen LogP contribution is -2.33. The molecule has 0 heterocycles. The monoisotopic (exact) mass is 281 g/mol. The summed E-state index contributed by atoms with van der Waals surface area (Å²) in [5.41, 5.74) is 0.142. The lowest BCUT2D eigenvalue weighted by Gasteiger charge is -2.18. The lowest BCUT2D eigenvalue weighted by atomic mass is 10.2. The number of benzene rings is 1. The van der Waals surface area contributed by atoms with E-state index in [1.807, 2.05) is 7.05 Å². The van der Waals surface area contributed by atoms with Gasteiger partial charge in [-0.05, 0) is 38.2 Å². The van der Waals surface area contributed by atoms with Crippen molar-refractivity contribution in [1.29, 1.82) is 0 Å². The lowest BCUT2D eigenvalue weighted by molar-refractivity contribution is 0.0696. The second-order valence-corrected chi connectivity index (χ2v) is 4.35. The summed E-state index contributed by atoms with van der Waals surface area (Å²) in [5, 5.41) is 24.0. The Bertz CT molecular complexity index is 491. The molecule has 0 aliphatic rings. The number of amides is 2. The van der Waals surface area contributed by atoms with Crippen LogP contribution in [0.5, 0.6) is 5.75 Å². The molecular formula is C13H19N3O4. The van der Waals surface area contributed by atoms with Crippen molar-refractivity contribution in [3.05, 3.63) is 23.8 Å². The van der Waals surface area contributed by atoms with Crippen molar-refractivity contribution >= 4 is 17.7 Å². The van der Waals surface area contributed by atoms with Crippen LogP contribution in [0.15, 0.2) is 18.2 Å². The molecule has 0 fully saturated rings. The van der Waals surface area contributed by atoms with Crippen LogP contribution in [0.2, 0.25) is 0 Å². The number of anilines is 1. The molecule has 20 heavy (non-hydrogen) atoms. The summed E-state index contributed by atoms with van der Waals surface area (Å²) >= 11 is 0. The number of aromatic hydroxyl groups is 1. The van der Waals surface area contributed by atoms with E-state index in [2.05, 4.69) is 10.6 Å². The molecule has 7 heteroatoms. The molecule has 0 unspecified atom stereocenters. The molecule has 0 saturated carbocycles. The first kappa shape index (κ1) is 15.8. The standard InChI is InChI=1S/C13H19N3O4/c1-14-6-3-7-16(2)13(20)15-10-5-4-9(12(18)19)8-11(10)17/h4-5,8,14,17H,3,6-7H2,1-2H3,(H,15,20)(H,18,19). The number of aromatic carboxylic acids is 1. The maximum absolute atomic E-state index is 11.8. The predicted octanol–water partition coefficient (Wildman–Crippen LogP) is 1.16. The van der Waals surface area contributed by atoms with E-state index in [0.29, 0.717) is 6.54 Å². The molecule has 1 aromatic carbocycles. The molecule has 0 aromatic heterocycles. The highest BCUT2D eigenvalue weighted by molar-refractivity contribution is 5.93. The second-order valence-electron chi connectivity index (χ2n) is 4.35. The molecule has 4 N–H and O–H groups in total. The number of rotatable bonds is 6. The molecule has 0 radical (unpaired) electrons. The minimum atomic E-state index is -1.14. The fourth-order valence-corrected chi connectivity index (χ4v) is 1.58. The molecule has 0 bridgehead atoms. The first-order valence-electron chi connectivity index (χ1n) is 6.18. The average Bonchev–Trinajstić information content (AvgIpc) is 2.40. The summed E-state index contributed by atoms with van der Waals surface area (Å²) in [7, 11) is 3.48. The van der Waals surface area contributed by atoms with Gasteiger partial charge in [0, 0.05) is 13.6 Å². The Kier molecular flexibility index (Phi) is 5.79. The van der Waals surface area contributed by atoms with E-state index >= 15 is 0 Å². The Morgan fingerprint density at radius 1 is 1.35 bits per heavy atom. The highest BCUT2D eigenvalue weighted by Gasteiger charge is 2.12. The van der Waals surface area contributed by atoms with E-state index in [4.69, 9.17) is 5.11 Å². The molecule has 1 aromatic rings. The quantitative estimate of drug-likeness (QED) is 0.463. The van der Waals surface area contributed by atoms with Crippen LogP contribution < -0.4 is 10.6 Å². The largest absolute Gasteiger partial charge is 0.506 e. The molecule has 0 atom stereocenters. The molecule has 0 aliphatic carbocycles. The average molecular weight is 281 g/mol. The van der Waals surface area contributed by atoms with Gasteiger partial charge in [0.05, 0.1) is 11.3 Å². The zero-order valence-corrected chi connectivity index (χ0v) is 11.5. The Morgan fingerprint density at radius 2 is 2.05 bits per heavy atom. The van der Waals surface area contributed by atoms with Crippen LogP contribution in [0.1, 0.15) is 16.8 Å². The summed E-state index contributed by atoms with van der Waals surface area (Å²) in [6, 6.07) is 3.41. The van der Waals surface area contributed by atoms with Gasteiger partial charge in [0.15, 0.2) is 0 Å². The third-order valence-corrected chi connectivity index (χ3v) is 2.75. The molecule has 0 saturated heterocycles. The van der Waals surface area contributed by atoms with Gasteiger partial charge in [-0.1, -0.05) is 0 Å². The zero-order valence-electron chi connectivity index (χ0n) is 11.5. The number of carbonyl (C=O) groups is 2. The van der Waals surface area contributed by atoms with E-state index in [0.717, 1.165) is 19.0 Å². The van der Waals surface area contributed by atoms with Crippen molar-refractivity contribution in [3.8, 4) is 5.75 Å². The summed E-state index contributed by atoms with van der Waals surface area (Å²) < 4.78 is 0. The maximum Gasteiger partial charge on any atom is 0.335 e. The summed E-state index contributed by atoms with van der Waals surface area (Å²) in [6.45, 7) is 1.37. The fraction of sp³-hybridized carbons (Fsp3) is 0.385. The molecule has 1 rings (SSSR count). The predicted molar refractivity (Wildman–Crippen MR) is 75.3 cm³/mol. The number of urea groups is 1. The number of carboxylic acid groups (broad SMARTS) is 1. The highest BCUT2D eigenvalue weighted by atomic mass is 16.4. The van der Waals surface area contributed by atoms with Gasteiger partial charge in [-0.25, -0.2) is 9.59 Å². The van der Waals surface area contributed by atoms with Gasteiger partial charge in [-0.15, -0.1) is 0 Å². The van der Waals surface area contributed by atoms with Crippen LogP contribution in [0.4, 0.5) is 10.5 Å². The van der Waals surface area contributed by atoms with Gasteiger partial charge in [-0.2, -0.15) is 0 Å². The van der Waals surface area contributed by atoms with E-state index in [1.54, 1.807) is 7.05 Å². The van der Waals surface area contributed by atoms with Crippen LogP contribution >= 0.6 is 0 Å². The number of hydrogen-bond donors (Lipinski definition) is 4. The molecule has 0 aliphatic heterocycles. The van der Waals surface area contributed by atoms with Crippen molar-refractivity contribution in [2.24, 2.45) is 0 Å². The number of carbonyl (C=O) groups excluding carboxylic acids is 1. The normalized spacial score (nSPS) is 10.1. The van der Waals surface area contributed by atoms with Crippen LogP contribution in [0.25, 0.3) is 0 Å². The molecular weight excluding hydrogens is 262 g/mol. The summed E-state index contributed by atoms with van der Waals surface area (Å²) in [5.74, 6) is -1.41. The molecule has 110 valence electrons. The van der Waals surface area contributed by atoms with Gasteiger partial charge in [0.2, 0.25) is 0 Å². The van der Waals surface area contributed by atoms with Crippen LogP contribution in [-0.4, -0.2) is 54.3 Å². The van der Waals surface area contributed by atoms with Gasteiger partial charge >= 0.3 is 12.0 Å². The number of phenols is 1. The Hall–Kier alpha value is -2.28.